The van der Waals surface area contributed by atoms with Gasteiger partial charge in [0.2, 0.25) is 0 Å². The van der Waals surface area contributed by atoms with Gasteiger partial charge < -0.3 is 24.1 Å². The second-order valence-corrected chi connectivity index (χ2v) is 11.4. The van der Waals surface area contributed by atoms with Gasteiger partial charge in [-0.25, -0.2) is 0 Å². The summed E-state index contributed by atoms with van der Waals surface area (Å²) >= 11 is 0. The highest BCUT2D eigenvalue weighted by atomic mass is 16.6. The van der Waals surface area contributed by atoms with Crippen LogP contribution in [0.25, 0.3) is 0 Å². The molecule has 1 heterocycles. The fourth-order valence-corrected chi connectivity index (χ4v) is 7.18. The fourth-order valence-electron chi connectivity index (χ4n) is 7.18. The van der Waals surface area contributed by atoms with E-state index in [0.717, 1.165) is 0 Å². The number of rotatable bonds is 6. The Morgan fingerprint density at radius 2 is 1.63 bits per heavy atom. The number of Topliss-reactive ketones (excluding diaryl/α,β-unsaturated/α-hetero) is 1. The molecule has 0 aromatic carbocycles. The second-order valence-electron chi connectivity index (χ2n) is 11.4. The smallest absolute Gasteiger partial charge is 0.303 e. The first-order valence-corrected chi connectivity index (χ1v) is 12.5. The van der Waals surface area contributed by atoms with E-state index in [1.807, 2.05) is 20.8 Å². The summed E-state index contributed by atoms with van der Waals surface area (Å²) < 4.78 is 23.1. The summed E-state index contributed by atoms with van der Waals surface area (Å²) in [6, 6.07) is 0. The maximum Gasteiger partial charge on any atom is 0.303 e. The number of esters is 3. The van der Waals surface area contributed by atoms with Crippen molar-refractivity contribution in [3.63, 3.8) is 0 Å². The van der Waals surface area contributed by atoms with E-state index >= 15 is 0 Å². The number of hydrogen-bond donors (Lipinski definition) is 1. The van der Waals surface area contributed by atoms with Crippen LogP contribution in [-0.2, 0) is 38.1 Å². The highest BCUT2D eigenvalue weighted by Gasteiger charge is 2.74. The predicted octanol–water partition coefficient (Wildman–Crippen LogP) is 2.74. The molecule has 0 amide bonds. The molecule has 2 saturated carbocycles. The standard InChI is InChI=1S/C26H40O9/c1-15-20(31)21(34-18(4)29)22-24(6,14-33-17(3)28)19(30)8-9-25(22,7)26(15)11-10-23(5,35-26)12-13-32-16(2)27/h15,19,21-22,30H,8-14H2,1-7H3/t15-,19-,21-,22+,23+,24+,25+,26-/m1/s1. The Kier molecular flexibility index (Phi) is 7.46. The minimum absolute atomic E-state index is 0.108. The Morgan fingerprint density at radius 1 is 1.00 bits per heavy atom. The maximum atomic E-state index is 13.9. The Balaban J connectivity index is 2.08. The summed E-state index contributed by atoms with van der Waals surface area (Å²) in [4.78, 5) is 48.9. The highest BCUT2D eigenvalue weighted by molar-refractivity contribution is 5.90. The molecule has 1 N–H and O–H groups in total. The van der Waals surface area contributed by atoms with Crippen LogP contribution >= 0.6 is 0 Å². The Hall–Kier alpha value is -2.00. The fraction of sp³-hybridized carbons (Fsp3) is 0.846. The first kappa shape index (κ1) is 27.6. The SMILES string of the molecule is CC(=O)OCC[C@]1(C)CC[C@@]2(O1)[C@H](C)C(=O)[C@@H](OC(C)=O)[C@H]1[C@@](C)(COC(C)=O)[C@H](O)CC[C@@]12C. The third-order valence-corrected chi connectivity index (χ3v) is 9.04. The third kappa shape index (κ3) is 4.61. The molecule has 198 valence electrons. The summed E-state index contributed by atoms with van der Waals surface area (Å²) in [5.41, 5.74) is -3.21. The topological polar surface area (TPSA) is 125 Å². The molecule has 35 heavy (non-hydrogen) atoms. The zero-order valence-electron chi connectivity index (χ0n) is 22.0. The van der Waals surface area contributed by atoms with Crippen LogP contribution in [0.15, 0.2) is 0 Å². The lowest BCUT2D eigenvalue weighted by Crippen LogP contribution is -2.73. The largest absolute Gasteiger partial charge is 0.466 e. The first-order chi connectivity index (χ1) is 16.1. The minimum atomic E-state index is -1.09. The summed E-state index contributed by atoms with van der Waals surface area (Å²) in [5.74, 6) is -2.90. The van der Waals surface area contributed by atoms with E-state index in [0.29, 0.717) is 32.1 Å². The molecule has 1 saturated heterocycles. The second kappa shape index (κ2) is 9.47. The summed E-state index contributed by atoms with van der Waals surface area (Å²) in [7, 11) is 0. The van der Waals surface area contributed by atoms with Crippen molar-refractivity contribution in [1.82, 2.24) is 0 Å². The van der Waals surface area contributed by atoms with E-state index in [1.165, 1.54) is 20.8 Å². The van der Waals surface area contributed by atoms with E-state index in [2.05, 4.69) is 0 Å². The van der Waals surface area contributed by atoms with Crippen molar-refractivity contribution in [2.75, 3.05) is 13.2 Å². The molecular formula is C26H40O9. The van der Waals surface area contributed by atoms with E-state index in [1.54, 1.807) is 6.92 Å². The number of ether oxygens (including phenoxy) is 4. The number of ketones is 1. The van der Waals surface area contributed by atoms with Gasteiger partial charge in [0.05, 0.1) is 30.5 Å². The van der Waals surface area contributed by atoms with Gasteiger partial charge in [0, 0.05) is 49.9 Å². The molecule has 0 bridgehead atoms. The number of carbonyl (C=O) groups is 4. The van der Waals surface area contributed by atoms with Gasteiger partial charge in [0.15, 0.2) is 11.9 Å². The molecule has 0 unspecified atom stereocenters. The molecule has 3 fully saturated rings. The van der Waals surface area contributed by atoms with Gasteiger partial charge in [0.1, 0.15) is 0 Å². The molecule has 3 rings (SSSR count). The van der Waals surface area contributed by atoms with Crippen LogP contribution in [-0.4, -0.2) is 65.4 Å². The third-order valence-electron chi connectivity index (χ3n) is 9.04. The van der Waals surface area contributed by atoms with Gasteiger partial charge in [-0.2, -0.15) is 0 Å². The van der Waals surface area contributed by atoms with Crippen LogP contribution < -0.4 is 0 Å². The van der Waals surface area contributed by atoms with Gasteiger partial charge in [0.25, 0.3) is 0 Å². The molecule has 9 nitrogen and oxygen atoms in total. The van der Waals surface area contributed by atoms with Crippen LogP contribution in [0.5, 0.6) is 0 Å². The van der Waals surface area contributed by atoms with Crippen LogP contribution in [0.4, 0.5) is 0 Å². The van der Waals surface area contributed by atoms with Crippen molar-refractivity contribution in [1.29, 1.82) is 0 Å². The lowest BCUT2D eigenvalue weighted by Gasteiger charge is -2.65. The monoisotopic (exact) mass is 496 g/mol. The molecule has 2 aliphatic carbocycles. The molecule has 8 atom stereocenters. The van der Waals surface area contributed by atoms with Crippen LogP contribution in [0.3, 0.4) is 0 Å². The quantitative estimate of drug-likeness (QED) is 0.436. The van der Waals surface area contributed by atoms with E-state index < -0.39 is 58.0 Å². The summed E-state index contributed by atoms with van der Waals surface area (Å²) in [6.45, 7) is 11.7. The normalized spacial score (nSPS) is 42.9. The lowest BCUT2D eigenvalue weighted by molar-refractivity contribution is -0.278. The van der Waals surface area contributed by atoms with Crippen LogP contribution in [0, 0.1) is 22.7 Å². The molecule has 9 heteroatoms. The Bertz CT molecular complexity index is 886. The lowest BCUT2D eigenvalue weighted by atomic mass is 9.42. The van der Waals surface area contributed by atoms with Gasteiger partial charge >= 0.3 is 17.9 Å². The van der Waals surface area contributed by atoms with Crippen molar-refractivity contribution in [3.8, 4) is 0 Å². The van der Waals surface area contributed by atoms with Gasteiger partial charge in [-0.05, 0) is 32.6 Å². The van der Waals surface area contributed by atoms with E-state index in [4.69, 9.17) is 18.9 Å². The maximum absolute atomic E-state index is 13.9. The highest BCUT2D eigenvalue weighted by Crippen LogP contribution is 2.67. The predicted molar refractivity (Wildman–Crippen MR) is 124 cm³/mol. The number of aliphatic hydroxyl groups excluding tert-OH is 1. The minimum Gasteiger partial charge on any atom is -0.466 e. The average Bonchev–Trinajstić information content (AvgIpc) is 3.11. The van der Waals surface area contributed by atoms with Gasteiger partial charge in [-0.1, -0.05) is 20.8 Å². The molecule has 0 aromatic rings. The van der Waals surface area contributed by atoms with Gasteiger partial charge in [-0.3, -0.25) is 19.2 Å². The van der Waals surface area contributed by atoms with E-state index in [9.17, 15) is 24.3 Å². The van der Waals surface area contributed by atoms with Crippen molar-refractivity contribution in [2.45, 2.75) is 104 Å². The average molecular weight is 497 g/mol. The van der Waals surface area contributed by atoms with Crippen molar-refractivity contribution >= 4 is 23.7 Å². The van der Waals surface area contributed by atoms with Crippen molar-refractivity contribution in [3.05, 3.63) is 0 Å². The van der Waals surface area contributed by atoms with Crippen LogP contribution in [0.1, 0.15) is 80.6 Å². The number of fused-ring (bicyclic) bond motifs is 2. The molecule has 0 aromatic heterocycles. The molecular weight excluding hydrogens is 456 g/mol. The summed E-state index contributed by atoms with van der Waals surface area (Å²) in [5, 5.41) is 11.2. The summed E-state index contributed by atoms with van der Waals surface area (Å²) in [6.07, 6.45) is 0.748. The molecule has 1 spiro atoms. The van der Waals surface area contributed by atoms with Crippen LogP contribution in [0.2, 0.25) is 0 Å². The Morgan fingerprint density at radius 3 is 2.20 bits per heavy atom. The number of carbonyl (C=O) groups excluding carboxylic acids is 4. The van der Waals surface area contributed by atoms with Crippen molar-refractivity contribution < 1.29 is 43.2 Å². The van der Waals surface area contributed by atoms with E-state index in [-0.39, 0.29) is 25.0 Å². The Labute approximate surface area is 207 Å². The molecule has 3 aliphatic rings. The van der Waals surface area contributed by atoms with Crippen molar-refractivity contribution in [2.24, 2.45) is 22.7 Å². The zero-order chi connectivity index (χ0) is 26.4. The zero-order valence-corrected chi connectivity index (χ0v) is 22.0. The first-order valence-electron chi connectivity index (χ1n) is 12.5. The number of hydrogen-bond acceptors (Lipinski definition) is 9. The van der Waals surface area contributed by atoms with Gasteiger partial charge in [-0.15, -0.1) is 0 Å². The molecule has 1 aliphatic heterocycles. The molecule has 0 radical (unpaired) electrons. The number of aliphatic hydroxyl groups is 1.